The molecule has 0 saturated heterocycles. The second-order valence-corrected chi connectivity index (χ2v) is 5.11. The van der Waals surface area contributed by atoms with E-state index in [1.165, 1.54) is 16.3 Å². The topological polar surface area (TPSA) is 38.1 Å². The number of nitrogens with zero attached hydrogens (tertiary/aromatic N) is 1. The first-order chi connectivity index (χ1) is 9.74. The second kappa shape index (κ2) is 5.47. The Bertz CT molecular complexity index is 712. The third-order valence-corrected chi connectivity index (χ3v) is 3.55. The van der Waals surface area contributed by atoms with Gasteiger partial charge in [-0.3, -0.25) is 0 Å². The Morgan fingerprint density at radius 1 is 1.15 bits per heavy atom. The van der Waals surface area contributed by atoms with E-state index in [4.69, 9.17) is 4.52 Å². The molecule has 0 aliphatic heterocycles. The van der Waals surface area contributed by atoms with Gasteiger partial charge in [-0.15, -0.1) is 0 Å². The quantitative estimate of drug-likeness (QED) is 0.776. The lowest BCUT2D eigenvalue weighted by atomic mass is 10.00. The SMILES string of the molecule is Cc1cc(CNC(C)c2cccc3ccccc23)on1. The lowest BCUT2D eigenvalue weighted by molar-refractivity contribution is 0.363. The molecule has 0 spiro atoms. The summed E-state index contributed by atoms with van der Waals surface area (Å²) in [6.07, 6.45) is 0. The van der Waals surface area contributed by atoms with Crippen molar-refractivity contribution in [2.24, 2.45) is 0 Å². The molecule has 2 aromatic carbocycles. The van der Waals surface area contributed by atoms with E-state index >= 15 is 0 Å². The zero-order chi connectivity index (χ0) is 13.9. The molecular formula is C17H18N2O. The fourth-order valence-electron chi connectivity index (χ4n) is 2.49. The first-order valence-corrected chi connectivity index (χ1v) is 6.87. The Kier molecular flexibility index (Phi) is 3.52. The van der Waals surface area contributed by atoms with Crippen molar-refractivity contribution in [3.8, 4) is 0 Å². The molecule has 20 heavy (non-hydrogen) atoms. The van der Waals surface area contributed by atoms with Gasteiger partial charge in [0.25, 0.3) is 0 Å². The van der Waals surface area contributed by atoms with E-state index in [1.54, 1.807) is 0 Å². The van der Waals surface area contributed by atoms with E-state index in [2.05, 4.69) is 59.9 Å². The van der Waals surface area contributed by atoms with Gasteiger partial charge in [0.2, 0.25) is 0 Å². The molecule has 0 aliphatic rings. The fraction of sp³-hybridized carbons (Fsp3) is 0.235. The van der Waals surface area contributed by atoms with Crippen LogP contribution in [0.3, 0.4) is 0 Å². The van der Waals surface area contributed by atoms with Gasteiger partial charge in [0.1, 0.15) is 0 Å². The number of nitrogens with one attached hydrogen (secondary N) is 1. The zero-order valence-electron chi connectivity index (χ0n) is 11.8. The molecule has 1 N–H and O–H groups in total. The van der Waals surface area contributed by atoms with Crippen molar-refractivity contribution in [3.63, 3.8) is 0 Å². The Balaban J connectivity index is 1.80. The van der Waals surface area contributed by atoms with E-state index in [0.29, 0.717) is 6.54 Å². The predicted molar refractivity (Wildman–Crippen MR) is 80.4 cm³/mol. The molecule has 1 heterocycles. The van der Waals surface area contributed by atoms with Crippen LogP contribution < -0.4 is 5.32 Å². The summed E-state index contributed by atoms with van der Waals surface area (Å²) in [5.41, 5.74) is 2.22. The number of aryl methyl sites for hydroxylation is 1. The molecule has 0 aliphatic carbocycles. The number of hydrogen-bond donors (Lipinski definition) is 1. The molecule has 1 unspecified atom stereocenters. The smallest absolute Gasteiger partial charge is 0.150 e. The Morgan fingerprint density at radius 3 is 2.75 bits per heavy atom. The van der Waals surface area contributed by atoms with E-state index < -0.39 is 0 Å². The summed E-state index contributed by atoms with van der Waals surface area (Å²) in [5.74, 6) is 0.870. The molecule has 0 fully saturated rings. The molecule has 3 rings (SSSR count). The molecule has 3 nitrogen and oxygen atoms in total. The van der Waals surface area contributed by atoms with Gasteiger partial charge in [-0.05, 0) is 30.2 Å². The van der Waals surface area contributed by atoms with Crippen molar-refractivity contribution < 1.29 is 4.52 Å². The van der Waals surface area contributed by atoms with Crippen LogP contribution in [0.15, 0.2) is 53.1 Å². The Morgan fingerprint density at radius 2 is 1.95 bits per heavy atom. The fourth-order valence-corrected chi connectivity index (χ4v) is 2.49. The second-order valence-electron chi connectivity index (χ2n) is 5.11. The number of rotatable bonds is 4. The highest BCUT2D eigenvalue weighted by atomic mass is 16.5. The minimum Gasteiger partial charge on any atom is -0.360 e. The van der Waals surface area contributed by atoms with Crippen LogP contribution >= 0.6 is 0 Å². The minimum atomic E-state index is 0.256. The van der Waals surface area contributed by atoms with Gasteiger partial charge >= 0.3 is 0 Å². The largest absolute Gasteiger partial charge is 0.360 e. The number of benzene rings is 2. The van der Waals surface area contributed by atoms with Crippen LogP contribution in [0, 0.1) is 6.92 Å². The van der Waals surface area contributed by atoms with Crippen LogP contribution in [0.25, 0.3) is 10.8 Å². The van der Waals surface area contributed by atoms with Gasteiger partial charge in [-0.25, -0.2) is 0 Å². The van der Waals surface area contributed by atoms with E-state index in [1.807, 2.05) is 13.0 Å². The van der Waals surface area contributed by atoms with Crippen LogP contribution in [0.1, 0.15) is 30.0 Å². The van der Waals surface area contributed by atoms with E-state index in [-0.39, 0.29) is 6.04 Å². The van der Waals surface area contributed by atoms with Gasteiger partial charge < -0.3 is 9.84 Å². The summed E-state index contributed by atoms with van der Waals surface area (Å²) in [6.45, 7) is 4.79. The van der Waals surface area contributed by atoms with Crippen molar-refractivity contribution in [1.82, 2.24) is 10.5 Å². The maximum atomic E-state index is 5.23. The first-order valence-electron chi connectivity index (χ1n) is 6.87. The predicted octanol–water partition coefficient (Wildman–Crippen LogP) is 3.99. The van der Waals surface area contributed by atoms with Crippen molar-refractivity contribution in [1.29, 1.82) is 0 Å². The van der Waals surface area contributed by atoms with Crippen molar-refractivity contribution in [3.05, 3.63) is 65.5 Å². The average Bonchev–Trinajstić information content (AvgIpc) is 2.90. The summed E-state index contributed by atoms with van der Waals surface area (Å²) < 4.78 is 5.23. The number of aromatic nitrogens is 1. The lowest BCUT2D eigenvalue weighted by Gasteiger charge is -2.15. The standard InChI is InChI=1S/C17H18N2O/c1-12-10-15(20-19-12)11-18-13(2)16-9-5-7-14-6-3-4-8-17(14)16/h3-10,13,18H,11H2,1-2H3. The molecule has 3 aromatic rings. The van der Waals surface area contributed by atoms with Gasteiger partial charge in [-0.1, -0.05) is 47.6 Å². The lowest BCUT2D eigenvalue weighted by Crippen LogP contribution is -2.18. The highest BCUT2D eigenvalue weighted by Gasteiger charge is 2.09. The number of fused-ring (bicyclic) bond motifs is 1. The molecular weight excluding hydrogens is 248 g/mol. The molecule has 0 bridgehead atoms. The van der Waals surface area contributed by atoms with Crippen LogP contribution in [0.4, 0.5) is 0 Å². The highest BCUT2D eigenvalue weighted by Crippen LogP contribution is 2.24. The maximum Gasteiger partial charge on any atom is 0.150 e. The zero-order valence-corrected chi connectivity index (χ0v) is 11.8. The molecule has 1 atom stereocenters. The molecule has 0 amide bonds. The Labute approximate surface area is 118 Å². The van der Waals surface area contributed by atoms with Gasteiger partial charge in [-0.2, -0.15) is 0 Å². The molecule has 1 aromatic heterocycles. The van der Waals surface area contributed by atoms with Crippen LogP contribution in [-0.2, 0) is 6.54 Å². The monoisotopic (exact) mass is 266 g/mol. The van der Waals surface area contributed by atoms with Crippen molar-refractivity contribution in [2.75, 3.05) is 0 Å². The molecule has 0 saturated carbocycles. The van der Waals surface area contributed by atoms with Gasteiger partial charge in [0, 0.05) is 12.1 Å². The summed E-state index contributed by atoms with van der Waals surface area (Å²) in [6, 6.07) is 17.1. The average molecular weight is 266 g/mol. The van der Waals surface area contributed by atoms with Crippen LogP contribution in [0.5, 0.6) is 0 Å². The highest BCUT2D eigenvalue weighted by molar-refractivity contribution is 5.86. The van der Waals surface area contributed by atoms with E-state index in [0.717, 1.165) is 11.5 Å². The van der Waals surface area contributed by atoms with Crippen LogP contribution in [0.2, 0.25) is 0 Å². The first kappa shape index (κ1) is 12.9. The summed E-state index contributed by atoms with van der Waals surface area (Å²) in [7, 11) is 0. The summed E-state index contributed by atoms with van der Waals surface area (Å²) >= 11 is 0. The van der Waals surface area contributed by atoms with Gasteiger partial charge in [0.15, 0.2) is 5.76 Å². The summed E-state index contributed by atoms with van der Waals surface area (Å²) in [4.78, 5) is 0. The molecule has 102 valence electrons. The molecule has 0 radical (unpaired) electrons. The van der Waals surface area contributed by atoms with Gasteiger partial charge in [0.05, 0.1) is 12.2 Å². The number of hydrogen-bond acceptors (Lipinski definition) is 3. The third kappa shape index (κ3) is 2.58. The van der Waals surface area contributed by atoms with Crippen molar-refractivity contribution >= 4 is 10.8 Å². The maximum absolute atomic E-state index is 5.23. The minimum absolute atomic E-state index is 0.256. The normalized spacial score (nSPS) is 12.7. The third-order valence-electron chi connectivity index (χ3n) is 3.55. The van der Waals surface area contributed by atoms with Crippen molar-refractivity contribution in [2.45, 2.75) is 26.4 Å². The van der Waals surface area contributed by atoms with E-state index in [9.17, 15) is 0 Å². The Hall–Kier alpha value is -2.13. The molecule has 3 heteroatoms. The summed E-state index contributed by atoms with van der Waals surface area (Å²) in [5, 5.41) is 9.96. The van der Waals surface area contributed by atoms with Crippen LogP contribution in [-0.4, -0.2) is 5.16 Å².